The molecular weight excluding hydrogens is 222 g/mol. The molecule has 15 heavy (non-hydrogen) atoms. The van der Waals surface area contributed by atoms with E-state index in [1.165, 1.54) is 35.4 Å². The highest BCUT2D eigenvalue weighted by molar-refractivity contribution is 7.99. The fraction of sp³-hybridized carbons (Fsp3) is 0.667. The van der Waals surface area contributed by atoms with Crippen molar-refractivity contribution in [2.75, 3.05) is 5.75 Å². The smallest absolute Gasteiger partial charge is 0.0481 e. The largest absolute Gasteiger partial charge is 0.323 e. The standard InChI is InChI=1S/C12H19NS2/c1-9-6-7-12(15-9)11(13)8-14-10-4-2-3-5-10/h6-7,10-11H,2-5,8,13H2,1H3. The minimum Gasteiger partial charge on any atom is -0.323 e. The van der Waals surface area contributed by atoms with Gasteiger partial charge in [-0.25, -0.2) is 0 Å². The molecule has 0 radical (unpaired) electrons. The maximum Gasteiger partial charge on any atom is 0.0481 e. The van der Waals surface area contributed by atoms with Gasteiger partial charge in [0.25, 0.3) is 0 Å². The van der Waals surface area contributed by atoms with Crippen LogP contribution in [0.5, 0.6) is 0 Å². The van der Waals surface area contributed by atoms with Crippen LogP contribution in [0.3, 0.4) is 0 Å². The molecule has 3 heteroatoms. The van der Waals surface area contributed by atoms with Gasteiger partial charge >= 0.3 is 0 Å². The van der Waals surface area contributed by atoms with Gasteiger partial charge in [-0.2, -0.15) is 11.8 Å². The van der Waals surface area contributed by atoms with Gasteiger partial charge in [0.05, 0.1) is 0 Å². The van der Waals surface area contributed by atoms with Crippen LogP contribution in [0.25, 0.3) is 0 Å². The molecule has 1 aliphatic carbocycles. The molecule has 1 aromatic rings. The maximum atomic E-state index is 6.18. The molecule has 2 rings (SSSR count). The van der Waals surface area contributed by atoms with E-state index in [2.05, 4.69) is 30.8 Å². The van der Waals surface area contributed by atoms with E-state index in [1.54, 1.807) is 0 Å². The first-order valence-electron chi connectivity index (χ1n) is 5.69. The van der Waals surface area contributed by atoms with Crippen molar-refractivity contribution < 1.29 is 0 Å². The van der Waals surface area contributed by atoms with E-state index in [0.29, 0.717) is 0 Å². The van der Waals surface area contributed by atoms with E-state index in [0.717, 1.165) is 11.0 Å². The van der Waals surface area contributed by atoms with Crippen LogP contribution in [-0.4, -0.2) is 11.0 Å². The zero-order chi connectivity index (χ0) is 10.7. The topological polar surface area (TPSA) is 26.0 Å². The number of aryl methyl sites for hydroxylation is 1. The first-order chi connectivity index (χ1) is 7.25. The minimum atomic E-state index is 0.245. The van der Waals surface area contributed by atoms with E-state index in [1.807, 2.05) is 11.3 Å². The van der Waals surface area contributed by atoms with Gasteiger partial charge in [-0.15, -0.1) is 11.3 Å². The van der Waals surface area contributed by atoms with Gasteiger partial charge in [-0.05, 0) is 31.9 Å². The molecule has 1 aromatic heterocycles. The summed E-state index contributed by atoms with van der Waals surface area (Å²) in [5.41, 5.74) is 6.18. The number of thioether (sulfide) groups is 1. The van der Waals surface area contributed by atoms with Gasteiger partial charge in [-0.3, -0.25) is 0 Å². The van der Waals surface area contributed by atoms with E-state index in [9.17, 15) is 0 Å². The molecule has 2 N–H and O–H groups in total. The molecule has 1 unspecified atom stereocenters. The molecule has 1 nitrogen and oxygen atoms in total. The van der Waals surface area contributed by atoms with E-state index < -0.39 is 0 Å². The molecular formula is C12H19NS2. The molecule has 0 aliphatic heterocycles. The lowest BCUT2D eigenvalue weighted by molar-refractivity contribution is 0.837. The Kier molecular flexibility index (Phi) is 4.12. The molecule has 0 aromatic carbocycles. The predicted octanol–water partition coefficient (Wildman–Crippen LogP) is 3.73. The van der Waals surface area contributed by atoms with Crippen molar-refractivity contribution in [3.8, 4) is 0 Å². The zero-order valence-corrected chi connectivity index (χ0v) is 10.9. The number of hydrogen-bond acceptors (Lipinski definition) is 3. The quantitative estimate of drug-likeness (QED) is 0.869. The molecule has 1 fully saturated rings. The number of rotatable bonds is 4. The fourth-order valence-electron chi connectivity index (χ4n) is 2.03. The third-order valence-electron chi connectivity index (χ3n) is 2.94. The second-order valence-corrected chi connectivity index (χ2v) is 6.95. The maximum absolute atomic E-state index is 6.18. The van der Waals surface area contributed by atoms with Gasteiger partial charge in [-0.1, -0.05) is 12.8 Å². The predicted molar refractivity (Wildman–Crippen MR) is 70.7 cm³/mol. The Balaban J connectivity index is 1.79. The molecule has 1 heterocycles. The lowest BCUT2D eigenvalue weighted by atomic mass is 10.3. The Morgan fingerprint density at radius 3 is 2.80 bits per heavy atom. The Bertz CT molecular complexity index is 302. The van der Waals surface area contributed by atoms with Crippen molar-refractivity contribution in [1.29, 1.82) is 0 Å². The van der Waals surface area contributed by atoms with Crippen LogP contribution in [0.1, 0.15) is 41.5 Å². The monoisotopic (exact) mass is 241 g/mol. The normalized spacial score (nSPS) is 19.6. The summed E-state index contributed by atoms with van der Waals surface area (Å²) in [6.07, 6.45) is 5.65. The highest BCUT2D eigenvalue weighted by atomic mass is 32.2. The van der Waals surface area contributed by atoms with Crippen LogP contribution in [0.2, 0.25) is 0 Å². The summed E-state index contributed by atoms with van der Waals surface area (Å²) in [6.45, 7) is 2.14. The lowest BCUT2D eigenvalue weighted by Gasteiger charge is -2.13. The summed E-state index contributed by atoms with van der Waals surface area (Å²) in [5, 5.41) is 0.886. The Morgan fingerprint density at radius 2 is 2.20 bits per heavy atom. The van der Waals surface area contributed by atoms with Crippen molar-refractivity contribution in [2.45, 2.75) is 43.9 Å². The van der Waals surface area contributed by atoms with Gasteiger partial charge in [0, 0.05) is 26.8 Å². The highest BCUT2D eigenvalue weighted by Crippen LogP contribution is 2.32. The molecule has 0 bridgehead atoms. The molecule has 0 saturated heterocycles. The lowest BCUT2D eigenvalue weighted by Crippen LogP contribution is -2.13. The van der Waals surface area contributed by atoms with Crippen molar-refractivity contribution in [1.82, 2.24) is 0 Å². The first kappa shape index (κ1) is 11.5. The van der Waals surface area contributed by atoms with Gasteiger partial charge in [0.1, 0.15) is 0 Å². The van der Waals surface area contributed by atoms with Crippen molar-refractivity contribution in [2.24, 2.45) is 5.73 Å². The molecule has 1 aliphatic rings. The van der Waals surface area contributed by atoms with Crippen LogP contribution < -0.4 is 5.73 Å². The van der Waals surface area contributed by atoms with Crippen LogP contribution in [0.15, 0.2) is 12.1 Å². The van der Waals surface area contributed by atoms with Gasteiger partial charge < -0.3 is 5.73 Å². The summed E-state index contributed by atoms with van der Waals surface area (Å²) in [5.74, 6) is 1.09. The summed E-state index contributed by atoms with van der Waals surface area (Å²) in [7, 11) is 0. The Labute approximate surface area is 100 Å². The number of hydrogen-bond donors (Lipinski definition) is 1. The molecule has 0 spiro atoms. The van der Waals surface area contributed by atoms with Crippen molar-refractivity contribution in [3.05, 3.63) is 21.9 Å². The SMILES string of the molecule is Cc1ccc(C(N)CSC2CCCC2)s1. The minimum absolute atomic E-state index is 0.245. The van der Waals surface area contributed by atoms with E-state index >= 15 is 0 Å². The summed E-state index contributed by atoms with van der Waals surface area (Å²) in [6, 6.07) is 4.59. The average molecular weight is 241 g/mol. The number of nitrogens with two attached hydrogens (primary N) is 1. The van der Waals surface area contributed by atoms with Crippen LogP contribution in [-0.2, 0) is 0 Å². The number of thiophene rings is 1. The summed E-state index contributed by atoms with van der Waals surface area (Å²) >= 11 is 3.92. The van der Waals surface area contributed by atoms with Gasteiger partial charge in [0.15, 0.2) is 0 Å². The third-order valence-corrected chi connectivity index (χ3v) is 5.57. The average Bonchev–Trinajstić information content (AvgIpc) is 2.84. The summed E-state index contributed by atoms with van der Waals surface area (Å²) in [4.78, 5) is 2.71. The first-order valence-corrected chi connectivity index (χ1v) is 7.56. The van der Waals surface area contributed by atoms with Crippen molar-refractivity contribution in [3.63, 3.8) is 0 Å². The second kappa shape index (κ2) is 5.37. The summed E-state index contributed by atoms with van der Waals surface area (Å²) < 4.78 is 0. The zero-order valence-electron chi connectivity index (χ0n) is 9.24. The third kappa shape index (κ3) is 3.23. The Hall–Kier alpha value is 0.01000. The highest BCUT2D eigenvalue weighted by Gasteiger charge is 2.17. The fourth-order valence-corrected chi connectivity index (χ4v) is 4.34. The van der Waals surface area contributed by atoms with E-state index in [-0.39, 0.29) is 6.04 Å². The molecule has 0 amide bonds. The van der Waals surface area contributed by atoms with Crippen LogP contribution >= 0.6 is 23.1 Å². The molecule has 84 valence electrons. The van der Waals surface area contributed by atoms with Crippen molar-refractivity contribution >= 4 is 23.1 Å². The second-order valence-electron chi connectivity index (χ2n) is 4.29. The Morgan fingerprint density at radius 1 is 1.47 bits per heavy atom. The van der Waals surface area contributed by atoms with E-state index in [4.69, 9.17) is 5.73 Å². The van der Waals surface area contributed by atoms with Crippen LogP contribution in [0, 0.1) is 6.92 Å². The van der Waals surface area contributed by atoms with Gasteiger partial charge in [0.2, 0.25) is 0 Å². The molecule has 1 atom stereocenters. The van der Waals surface area contributed by atoms with Crippen LogP contribution in [0.4, 0.5) is 0 Å². The molecule has 1 saturated carbocycles.